The number of piperidine rings is 1. The second-order valence-corrected chi connectivity index (χ2v) is 4.25. The van der Waals surface area contributed by atoms with Crippen LogP contribution in [0.5, 0.6) is 0 Å². The van der Waals surface area contributed by atoms with Crippen LogP contribution in [0.3, 0.4) is 0 Å². The highest BCUT2D eigenvalue weighted by molar-refractivity contribution is 5.94. The molecule has 1 aromatic carbocycles. The lowest BCUT2D eigenvalue weighted by molar-refractivity contribution is 0.0623. The molecule has 1 heterocycles. The normalized spacial score (nSPS) is 20.8. The fourth-order valence-corrected chi connectivity index (χ4v) is 2.26. The second kappa shape index (κ2) is 5.12. The predicted molar refractivity (Wildman–Crippen MR) is 64.2 cm³/mol. The Morgan fingerprint density at radius 3 is 2.75 bits per heavy atom. The Hall–Kier alpha value is -1.35. The molecule has 3 heteroatoms. The number of likely N-dealkylation sites (tertiary alicyclic amines) is 1. The molecule has 1 saturated heterocycles. The molecule has 86 valence electrons. The molecule has 0 saturated carbocycles. The molecule has 0 spiro atoms. The Morgan fingerprint density at radius 1 is 1.31 bits per heavy atom. The summed E-state index contributed by atoms with van der Waals surface area (Å²) in [5, 5.41) is 0. The topological polar surface area (TPSA) is 46.3 Å². The number of carbonyl (C=O) groups excluding carboxylic acids is 1. The van der Waals surface area contributed by atoms with Crippen LogP contribution in [0.4, 0.5) is 0 Å². The summed E-state index contributed by atoms with van der Waals surface area (Å²) >= 11 is 0. The first-order chi connectivity index (χ1) is 7.83. The summed E-state index contributed by atoms with van der Waals surface area (Å²) < 4.78 is 0. The Bertz CT molecular complexity index is 350. The van der Waals surface area contributed by atoms with Crippen LogP contribution in [0.25, 0.3) is 0 Å². The zero-order valence-corrected chi connectivity index (χ0v) is 9.43. The maximum absolute atomic E-state index is 12.2. The standard InChI is InChI=1S/C13H18N2O/c14-10-12-8-4-5-9-15(12)13(16)11-6-2-1-3-7-11/h1-3,6-7,12H,4-5,8-10,14H2. The molecule has 2 N–H and O–H groups in total. The van der Waals surface area contributed by atoms with Crippen LogP contribution in [0.2, 0.25) is 0 Å². The van der Waals surface area contributed by atoms with Crippen molar-refractivity contribution in [3.05, 3.63) is 35.9 Å². The van der Waals surface area contributed by atoms with E-state index in [-0.39, 0.29) is 11.9 Å². The number of hydrogen-bond acceptors (Lipinski definition) is 2. The molecule has 1 aliphatic rings. The lowest BCUT2D eigenvalue weighted by Gasteiger charge is -2.35. The van der Waals surface area contributed by atoms with Gasteiger partial charge in [0.15, 0.2) is 0 Å². The van der Waals surface area contributed by atoms with Crippen molar-refractivity contribution >= 4 is 5.91 Å². The minimum Gasteiger partial charge on any atom is -0.334 e. The van der Waals surface area contributed by atoms with E-state index in [9.17, 15) is 4.79 Å². The quantitative estimate of drug-likeness (QED) is 0.820. The number of hydrogen-bond donors (Lipinski definition) is 1. The van der Waals surface area contributed by atoms with Gasteiger partial charge in [0, 0.05) is 24.7 Å². The average Bonchev–Trinajstić information content (AvgIpc) is 2.39. The molecule has 1 aromatic rings. The first-order valence-corrected chi connectivity index (χ1v) is 5.89. The number of carbonyl (C=O) groups is 1. The van der Waals surface area contributed by atoms with Gasteiger partial charge in [0.2, 0.25) is 0 Å². The molecule has 1 aliphatic heterocycles. The number of rotatable bonds is 2. The summed E-state index contributed by atoms with van der Waals surface area (Å²) in [5.74, 6) is 0.121. The number of amides is 1. The summed E-state index contributed by atoms with van der Waals surface area (Å²) in [5.41, 5.74) is 6.48. The monoisotopic (exact) mass is 218 g/mol. The van der Waals surface area contributed by atoms with Gasteiger partial charge in [-0.1, -0.05) is 18.2 Å². The van der Waals surface area contributed by atoms with Crippen LogP contribution in [0.15, 0.2) is 30.3 Å². The van der Waals surface area contributed by atoms with Gasteiger partial charge >= 0.3 is 0 Å². The van der Waals surface area contributed by atoms with Crippen molar-refractivity contribution in [2.75, 3.05) is 13.1 Å². The number of benzene rings is 1. The van der Waals surface area contributed by atoms with Crippen LogP contribution in [-0.4, -0.2) is 29.9 Å². The Labute approximate surface area is 96.2 Å². The van der Waals surface area contributed by atoms with Gasteiger partial charge in [-0.2, -0.15) is 0 Å². The largest absolute Gasteiger partial charge is 0.334 e. The third-order valence-corrected chi connectivity index (χ3v) is 3.18. The maximum atomic E-state index is 12.2. The van der Waals surface area contributed by atoms with Crippen molar-refractivity contribution < 1.29 is 4.79 Å². The first-order valence-electron chi connectivity index (χ1n) is 5.89. The van der Waals surface area contributed by atoms with Crippen LogP contribution in [0, 0.1) is 0 Å². The molecule has 0 bridgehead atoms. The van der Waals surface area contributed by atoms with Crippen molar-refractivity contribution in [2.45, 2.75) is 25.3 Å². The van der Waals surface area contributed by atoms with E-state index in [1.807, 2.05) is 35.2 Å². The van der Waals surface area contributed by atoms with Gasteiger partial charge < -0.3 is 10.6 Å². The van der Waals surface area contributed by atoms with Crippen LogP contribution in [-0.2, 0) is 0 Å². The summed E-state index contributed by atoms with van der Waals surface area (Å²) in [4.78, 5) is 14.2. The second-order valence-electron chi connectivity index (χ2n) is 4.25. The van der Waals surface area contributed by atoms with E-state index < -0.39 is 0 Å². The van der Waals surface area contributed by atoms with E-state index in [1.54, 1.807) is 0 Å². The number of nitrogens with zero attached hydrogens (tertiary/aromatic N) is 1. The van der Waals surface area contributed by atoms with Crippen LogP contribution < -0.4 is 5.73 Å². The van der Waals surface area contributed by atoms with E-state index in [0.717, 1.165) is 24.9 Å². The van der Waals surface area contributed by atoms with Crippen molar-refractivity contribution in [1.29, 1.82) is 0 Å². The van der Waals surface area contributed by atoms with E-state index in [0.29, 0.717) is 6.54 Å². The van der Waals surface area contributed by atoms with E-state index in [1.165, 1.54) is 6.42 Å². The molecule has 0 aliphatic carbocycles. The van der Waals surface area contributed by atoms with E-state index in [2.05, 4.69) is 0 Å². The minimum atomic E-state index is 0.121. The molecule has 1 fully saturated rings. The molecule has 1 amide bonds. The maximum Gasteiger partial charge on any atom is 0.254 e. The van der Waals surface area contributed by atoms with E-state index in [4.69, 9.17) is 5.73 Å². The molecular formula is C13H18N2O. The van der Waals surface area contributed by atoms with E-state index >= 15 is 0 Å². The first kappa shape index (κ1) is 11.1. The Morgan fingerprint density at radius 2 is 2.06 bits per heavy atom. The van der Waals surface area contributed by atoms with Gasteiger partial charge in [-0.25, -0.2) is 0 Å². The third kappa shape index (κ3) is 2.25. The van der Waals surface area contributed by atoms with Crippen molar-refractivity contribution in [3.8, 4) is 0 Å². The predicted octanol–water partition coefficient (Wildman–Crippen LogP) is 1.64. The zero-order valence-electron chi connectivity index (χ0n) is 9.43. The van der Waals surface area contributed by atoms with Gasteiger partial charge in [-0.05, 0) is 31.4 Å². The lowest BCUT2D eigenvalue weighted by atomic mass is 10.0. The molecular weight excluding hydrogens is 200 g/mol. The third-order valence-electron chi connectivity index (χ3n) is 3.18. The highest BCUT2D eigenvalue weighted by Gasteiger charge is 2.25. The summed E-state index contributed by atoms with van der Waals surface area (Å²) in [6, 6.07) is 9.67. The minimum absolute atomic E-state index is 0.121. The SMILES string of the molecule is NCC1CCCCN1C(=O)c1ccccc1. The van der Waals surface area contributed by atoms with Gasteiger partial charge in [0.1, 0.15) is 0 Å². The smallest absolute Gasteiger partial charge is 0.254 e. The molecule has 16 heavy (non-hydrogen) atoms. The van der Waals surface area contributed by atoms with Crippen LogP contribution >= 0.6 is 0 Å². The molecule has 0 aromatic heterocycles. The molecule has 2 rings (SSSR count). The Kier molecular flexibility index (Phi) is 3.57. The van der Waals surface area contributed by atoms with Crippen LogP contribution in [0.1, 0.15) is 29.6 Å². The molecule has 1 atom stereocenters. The Balaban J connectivity index is 2.14. The summed E-state index contributed by atoms with van der Waals surface area (Å²) in [6.07, 6.45) is 3.31. The van der Waals surface area contributed by atoms with Crippen molar-refractivity contribution in [3.63, 3.8) is 0 Å². The summed E-state index contributed by atoms with van der Waals surface area (Å²) in [6.45, 7) is 1.41. The molecule has 0 radical (unpaired) electrons. The van der Waals surface area contributed by atoms with Crippen molar-refractivity contribution in [1.82, 2.24) is 4.90 Å². The van der Waals surface area contributed by atoms with Crippen molar-refractivity contribution in [2.24, 2.45) is 5.73 Å². The molecule has 3 nitrogen and oxygen atoms in total. The number of nitrogens with two attached hydrogens (primary N) is 1. The van der Waals surface area contributed by atoms with Gasteiger partial charge in [0.25, 0.3) is 5.91 Å². The van der Waals surface area contributed by atoms with Gasteiger partial charge in [-0.3, -0.25) is 4.79 Å². The lowest BCUT2D eigenvalue weighted by Crippen LogP contribution is -2.47. The van der Waals surface area contributed by atoms with Gasteiger partial charge in [0.05, 0.1) is 0 Å². The van der Waals surface area contributed by atoms with Gasteiger partial charge in [-0.15, -0.1) is 0 Å². The fourth-order valence-electron chi connectivity index (χ4n) is 2.26. The average molecular weight is 218 g/mol. The zero-order chi connectivity index (χ0) is 11.4. The fraction of sp³-hybridized carbons (Fsp3) is 0.462. The highest BCUT2D eigenvalue weighted by atomic mass is 16.2. The summed E-state index contributed by atoms with van der Waals surface area (Å²) in [7, 11) is 0. The molecule has 1 unspecified atom stereocenters. The highest BCUT2D eigenvalue weighted by Crippen LogP contribution is 2.18.